The Hall–Kier alpha value is -3.52. The van der Waals surface area contributed by atoms with Crippen molar-refractivity contribution >= 4 is 68.2 Å². The Kier molecular flexibility index (Phi) is 6.62. The maximum Gasteiger partial charge on any atom is 0.256 e. The van der Waals surface area contributed by atoms with Gasteiger partial charge >= 0.3 is 0 Å². The molecule has 0 saturated heterocycles. The van der Waals surface area contributed by atoms with Gasteiger partial charge in [0, 0.05) is 27.8 Å². The molecule has 1 N–H and O–H groups in total. The van der Waals surface area contributed by atoms with Crippen molar-refractivity contribution in [3.63, 3.8) is 0 Å². The number of fused-ring (bicyclic) bond motifs is 3. The predicted octanol–water partition coefficient (Wildman–Crippen LogP) is 6.45. The molecule has 2 heterocycles. The summed E-state index contributed by atoms with van der Waals surface area (Å²) in [6.45, 7) is 0.313. The lowest BCUT2D eigenvalue weighted by Crippen LogP contribution is -2.25. The van der Waals surface area contributed by atoms with Crippen LogP contribution in [0.2, 0.25) is 15.1 Å². The van der Waals surface area contributed by atoms with Gasteiger partial charge in [-0.1, -0.05) is 53.0 Å². The van der Waals surface area contributed by atoms with E-state index >= 15 is 0 Å². The molecule has 0 radical (unpaired) electrons. The van der Waals surface area contributed by atoms with Crippen LogP contribution in [0.15, 0.2) is 73.1 Å². The molecule has 0 unspecified atom stereocenters. The molecule has 36 heavy (non-hydrogen) atoms. The van der Waals surface area contributed by atoms with Gasteiger partial charge in [-0.15, -0.1) is 0 Å². The summed E-state index contributed by atoms with van der Waals surface area (Å²) in [6, 6.07) is 16.8. The van der Waals surface area contributed by atoms with Crippen molar-refractivity contribution in [3.8, 4) is 0 Å². The van der Waals surface area contributed by atoms with E-state index in [1.54, 1.807) is 41.1 Å². The fourth-order valence-corrected chi connectivity index (χ4v) is 4.76. The Balaban J connectivity index is 1.54. The van der Waals surface area contributed by atoms with Gasteiger partial charge in [0.05, 0.1) is 16.7 Å². The van der Waals surface area contributed by atoms with Crippen LogP contribution in [-0.2, 0) is 6.42 Å². The van der Waals surface area contributed by atoms with Crippen molar-refractivity contribution in [1.82, 2.24) is 4.73 Å². The Morgan fingerprint density at radius 3 is 2.44 bits per heavy atom. The van der Waals surface area contributed by atoms with Gasteiger partial charge in [-0.2, -0.15) is 9.46 Å². The number of pyridine rings is 1. The van der Waals surface area contributed by atoms with Crippen molar-refractivity contribution < 1.29 is 18.8 Å². The van der Waals surface area contributed by atoms with E-state index in [2.05, 4.69) is 5.32 Å². The minimum Gasteiger partial charge on any atom is -0.619 e. The predicted molar refractivity (Wildman–Crippen MR) is 139 cm³/mol. The monoisotopic (exact) mass is 543 g/mol. The van der Waals surface area contributed by atoms with Crippen molar-refractivity contribution in [2.45, 2.75) is 6.42 Å². The lowest BCUT2D eigenvalue weighted by atomic mass is 10.1. The van der Waals surface area contributed by atoms with Crippen LogP contribution in [0.3, 0.4) is 0 Å². The number of carbonyl (C=O) groups excluding carboxylic acids is 1. The van der Waals surface area contributed by atoms with Crippen molar-refractivity contribution in [2.75, 3.05) is 11.9 Å². The summed E-state index contributed by atoms with van der Waals surface area (Å²) in [4.78, 5) is 19.5. The second-order valence-corrected chi connectivity index (χ2v) is 9.26. The summed E-state index contributed by atoms with van der Waals surface area (Å²) >= 11 is 18.6. The summed E-state index contributed by atoms with van der Waals surface area (Å²) in [7, 11) is 0. The van der Waals surface area contributed by atoms with Gasteiger partial charge in [0.15, 0.2) is 0 Å². The highest BCUT2D eigenvalue weighted by atomic mass is 35.5. The zero-order chi connectivity index (χ0) is 25.4. The number of amides is 1. The molecule has 0 aliphatic carbocycles. The van der Waals surface area contributed by atoms with Crippen LogP contribution >= 0.6 is 34.8 Å². The minimum atomic E-state index is -0.474. The van der Waals surface area contributed by atoms with Crippen LogP contribution in [0.1, 0.15) is 15.9 Å². The van der Waals surface area contributed by atoms with E-state index in [9.17, 15) is 14.4 Å². The van der Waals surface area contributed by atoms with Crippen LogP contribution in [0.4, 0.5) is 10.1 Å². The first-order chi connectivity index (χ1) is 17.3. The molecular formula is C26H17Cl3FN3O3. The molecular weight excluding hydrogens is 528 g/mol. The number of aromatic nitrogens is 2. The summed E-state index contributed by atoms with van der Waals surface area (Å²) in [6.07, 6.45) is 2.76. The van der Waals surface area contributed by atoms with E-state index in [0.29, 0.717) is 44.6 Å². The second-order valence-electron chi connectivity index (χ2n) is 8.01. The summed E-state index contributed by atoms with van der Waals surface area (Å²) < 4.78 is 15.3. The molecule has 0 aliphatic heterocycles. The number of rotatable bonds is 6. The molecule has 6 nitrogen and oxygen atoms in total. The molecule has 0 spiro atoms. The number of hydrogen-bond donors (Lipinski definition) is 1. The van der Waals surface area contributed by atoms with Gasteiger partial charge in [-0.25, -0.2) is 4.39 Å². The van der Waals surface area contributed by atoms with E-state index in [4.69, 9.17) is 39.6 Å². The maximum atomic E-state index is 13.4. The quantitative estimate of drug-likeness (QED) is 0.197. The number of nitrogens with one attached hydrogen (secondary N) is 1. The lowest BCUT2D eigenvalue weighted by Gasteiger charge is -2.11. The van der Waals surface area contributed by atoms with E-state index in [1.165, 1.54) is 12.1 Å². The first-order valence-corrected chi connectivity index (χ1v) is 11.9. The summed E-state index contributed by atoms with van der Waals surface area (Å²) in [5.41, 5.74) is 2.77. The second kappa shape index (κ2) is 9.85. The maximum absolute atomic E-state index is 13.4. The number of halogens is 4. The largest absolute Gasteiger partial charge is 0.619 e. The zero-order valence-corrected chi connectivity index (χ0v) is 20.7. The van der Waals surface area contributed by atoms with Gasteiger partial charge in [-0.05, 0) is 48.0 Å². The number of nitrogens with zero attached hydrogens (tertiary/aromatic N) is 2. The van der Waals surface area contributed by atoms with Crippen LogP contribution in [-0.4, -0.2) is 17.2 Å². The molecule has 5 rings (SSSR count). The third kappa shape index (κ3) is 4.65. The Bertz CT molecular complexity index is 1600. The molecule has 0 aliphatic rings. The van der Waals surface area contributed by atoms with Crippen molar-refractivity contribution in [1.29, 1.82) is 0 Å². The molecule has 0 saturated carbocycles. The van der Waals surface area contributed by atoms with Crippen LogP contribution < -0.4 is 14.9 Å². The van der Waals surface area contributed by atoms with E-state index in [1.807, 2.05) is 12.1 Å². The fourth-order valence-electron chi connectivity index (χ4n) is 4.05. The van der Waals surface area contributed by atoms with E-state index < -0.39 is 5.91 Å². The topological polar surface area (TPSA) is 70.2 Å². The zero-order valence-electron chi connectivity index (χ0n) is 18.5. The number of benzene rings is 3. The minimum absolute atomic E-state index is 0.00706. The average molecular weight is 545 g/mol. The third-order valence-electron chi connectivity index (χ3n) is 5.67. The first-order valence-electron chi connectivity index (χ1n) is 10.8. The van der Waals surface area contributed by atoms with E-state index in [-0.39, 0.29) is 21.5 Å². The summed E-state index contributed by atoms with van der Waals surface area (Å²) in [5, 5.41) is 16.1. The number of hydrogen-bond acceptors (Lipinski definition) is 3. The first kappa shape index (κ1) is 24.2. The van der Waals surface area contributed by atoms with Crippen molar-refractivity contribution in [2.24, 2.45) is 0 Å². The average Bonchev–Trinajstić information content (AvgIpc) is 3.15. The molecule has 2 aromatic heterocycles. The standard InChI is InChI=1S/C26H17Cl3FN3O3/c27-16-6-9-22-19(12-16)24-18(26(34)31-25-20(28)13-32(35)14-21(25)29)2-1-3-23(24)33(22)36-11-10-15-4-7-17(30)8-5-15/h1-9,12-14H,10-11H2,(H,31,34). The van der Waals surface area contributed by atoms with Crippen LogP contribution in [0, 0.1) is 11.0 Å². The molecule has 10 heteroatoms. The van der Waals surface area contributed by atoms with Crippen molar-refractivity contribution in [3.05, 3.63) is 110 Å². The molecule has 0 bridgehead atoms. The Morgan fingerprint density at radius 1 is 1.00 bits per heavy atom. The molecule has 3 aromatic carbocycles. The SMILES string of the molecule is O=C(Nc1c(Cl)c[n+]([O-])cc1Cl)c1cccc2c1c1cc(Cl)ccc1n2OCCc1ccc(F)cc1. The van der Waals surface area contributed by atoms with Crippen LogP contribution in [0.5, 0.6) is 0 Å². The van der Waals surface area contributed by atoms with Gasteiger partial charge in [0.1, 0.15) is 22.5 Å². The van der Waals surface area contributed by atoms with Gasteiger partial charge in [0.2, 0.25) is 12.4 Å². The highest BCUT2D eigenvalue weighted by molar-refractivity contribution is 6.40. The molecule has 182 valence electrons. The molecule has 0 atom stereocenters. The lowest BCUT2D eigenvalue weighted by molar-refractivity contribution is -0.605. The Labute approximate surface area is 219 Å². The van der Waals surface area contributed by atoms with Gasteiger partial charge in [-0.3, -0.25) is 4.79 Å². The third-order valence-corrected chi connectivity index (χ3v) is 6.48. The molecule has 5 aromatic rings. The number of carbonyl (C=O) groups is 1. The highest BCUT2D eigenvalue weighted by Crippen LogP contribution is 2.34. The van der Waals surface area contributed by atoms with Crippen LogP contribution in [0.25, 0.3) is 21.8 Å². The van der Waals surface area contributed by atoms with Gasteiger partial charge < -0.3 is 15.4 Å². The highest BCUT2D eigenvalue weighted by Gasteiger charge is 2.21. The smallest absolute Gasteiger partial charge is 0.256 e. The number of anilines is 1. The van der Waals surface area contributed by atoms with Gasteiger partial charge in [0.25, 0.3) is 5.91 Å². The Morgan fingerprint density at radius 2 is 1.72 bits per heavy atom. The molecule has 1 amide bonds. The summed E-state index contributed by atoms with van der Waals surface area (Å²) in [5.74, 6) is -0.770. The molecule has 0 fully saturated rings. The van der Waals surface area contributed by atoms with E-state index in [0.717, 1.165) is 23.5 Å². The normalized spacial score (nSPS) is 11.2. The fraction of sp³-hybridized carbons (Fsp3) is 0.0769.